The third-order valence-corrected chi connectivity index (χ3v) is 4.24. The first-order chi connectivity index (χ1) is 8.97. The van der Waals surface area contributed by atoms with Crippen LogP contribution in [0.15, 0.2) is 46.2 Å². The number of aryl methyl sites for hydroxylation is 2. The second kappa shape index (κ2) is 5.68. The maximum atomic E-state index is 7.41. The van der Waals surface area contributed by atoms with E-state index in [2.05, 4.69) is 32.0 Å². The van der Waals surface area contributed by atoms with Crippen LogP contribution in [0.1, 0.15) is 16.7 Å². The second-order valence-electron chi connectivity index (χ2n) is 4.40. The van der Waals surface area contributed by atoms with Crippen LogP contribution in [-0.4, -0.2) is 5.84 Å². The van der Waals surface area contributed by atoms with Gasteiger partial charge in [-0.2, -0.15) is 0 Å². The van der Waals surface area contributed by atoms with Crippen molar-refractivity contribution < 1.29 is 0 Å². The van der Waals surface area contributed by atoms with Crippen LogP contribution in [0.4, 0.5) is 0 Å². The summed E-state index contributed by atoms with van der Waals surface area (Å²) in [6.07, 6.45) is 0. The molecule has 0 amide bonds. The molecule has 0 aliphatic carbocycles. The lowest BCUT2D eigenvalue weighted by Crippen LogP contribution is -2.11. The minimum atomic E-state index is -0.00673. The monoisotopic (exact) mass is 290 g/mol. The van der Waals surface area contributed by atoms with Crippen LogP contribution < -0.4 is 5.73 Å². The molecule has 0 saturated carbocycles. The van der Waals surface area contributed by atoms with Crippen LogP contribution in [0.25, 0.3) is 0 Å². The van der Waals surface area contributed by atoms with Gasteiger partial charge in [0.25, 0.3) is 0 Å². The molecule has 0 aliphatic rings. The zero-order chi connectivity index (χ0) is 14.0. The first-order valence-corrected chi connectivity index (χ1v) is 7.06. The predicted molar refractivity (Wildman–Crippen MR) is 82.5 cm³/mol. The number of amidine groups is 1. The summed E-state index contributed by atoms with van der Waals surface area (Å²) in [4.78, 5) is 2.22. The van der Waals surface area contributed by atoms with Gasteiger partial charge < -0.3 is 5.73 Å². The van der Waals surface area contributed by atoms with Gasteiger partial charge in [-0.3, -0.25) is 5.41 Å². The first-order valence-electron chi connectivity index (χ1n) is 5.86. The van der Waals surface area contributed by atoms with Crippen LogP contribution in [0.5, 0.6) is 0 Å². The van der Waals surface area contributed by atoms with Gasteiger partial charge in [-0.1, -0.05) is 29.4 Å². The Balaban J connectivity index is 2.26. The minimum Gasteiger partial charge on any atom is -0.384 e. The average Bonchev–Trinajstić information content (AvgIpc) is 2.33. The van der Waals surface area contributed by atoms with Crippen molar-refractivity contribution in [1.29, 1.82) is 5.41 Å². The van der Waals surface area contributed by atoms with Crippen molar-refractivity contribution in [1.82, 2.24) is 0 Å². The van der Waals surface area contributed by atoms with Gasteiger partial charge in [0.2, 0.25) is 0 Å². The van der Waals surface area contributed by atoms with E-state index in [4.69, 9.17) is 22.7 Å². The van der Waals surface area contributed by atoms with Gasteiger partial charge in [0.15, 0.2) is 0 Å². The highest BCUT2D eigenvalue weighted by Gasteiger charge is 2.06. The number of benzene rings is 2. The molecule has 2 nitrogen and oxygen atoms in total. The number of hydrogen-bond donors (Lipinski definition) is 2. The van der Waals surface area contributed by atoms with E-state index < -0.39 is 0 Å². The van der Waals surface area contributed by atoms with Crippen molar-refractivity contribution in [2.75, 3.05) is 0 Å². The molecule has 2 rings (SSSR count). The summed E-state index contributed by atoms with van der Waals surface area (Å²) >= 11 is 7.76. The normalized spacial score (nSPS) is 10.5. The first kappa shape index (κ1) is 14.0. The van der Waals surface area contributed by atoms with Crippen molar-refractivity contribution in [2.45, 2.75) is 23.6 Å². The minimum absolute atomic E-state index is 0.00673. The van der Waals surface area contributed by atoms with Crippen molar-refractivity contribution in [3.63, 3.8) is 0 Å². The fourth-order valence-corrected chi connectivity index (χ4v) is 3.00. The van der Waals surface area contributed by atoms with Crippen LogP contribution in [0.2, 0.25) is 5.02 Å². The van der Waals surface area contributed by atoms with E-state index in [-0.39, 0.29) is 5.84 Å². The molecule has 0 radical (unpaired) electrons. The topological polar surface area (TPSA) is 49.9 Å². The highest BCUT2D eigenvalue weighted by atomic mass is 35.5. The molecule has 0 heterocycles. The molecule has 0 saturated heterocycles. The summed E-state index contributed by atoms with van der Waals surface area (Å²) < 4.78 is 0. The van der Waals surface area contributed by atoms with Crippen LogP contribution in [-0.2, 0) is 0 Å². The molecular formula is C15H15ClN2S. The number of hydrogen-bond acceptors (Lipinski definition) is 2. The van der Waals surface area contributed by atoms with Gasteiger partial charge in [-0.05, 0) is 55.3 Å². The summed E-state index contributed by atoms with van der Waals surface area (Å²) in [6.45, 7) is 4.20. The molecule has 0 bridgehead atoms. The fraction of sp³-hybridized carbons (Fsp3) is 0.133. The molecule has 0 aromatic heterocycles. The van der Waals surface area contributed by atoms with E-state index in [0.29, 0.717) is 10.6 Å². The molecule has 0 atom stereocenters. The molecule has 0 fully saturated rings. The van der Waals surface area contributed by atoms with Gasteiger partial charge in [0.1, 0.15) is 5.84 Å². The maximum Gasteiger partial charge on any atom is 0.124 e. The summed E-state index contributed by atoms with van der Waals surface area (Å²) in [7, 11) is 0. The summed E-state index contributed by atoms with van der Waals surface area (Å²) in [5, 5.41) is 7.92. The van der Waals surface area contributed by atoms with Crippen LogP contribution in [0, 0.1) is 19.3 Å². The average molecular weight is 291 g/mol. The Morgan fingerprint density at radius 3 is 2.26 bits per heavy atom. The van der Waals surface area contributed by atoms with Gasteiger partial charge >= 0.3 is 0 Å². The van der Waals surface area contributed by atoms with E-state index in [1.807, 2.05) is 12.1 Å². The van der Waals surface area contributed by atoms with Gasteiger partial charge in [0, 0.05) is 15.4 Å². The largest absolute Gasteiger partial charge is 0.384 e. The van der Waals surface area contributed by atoms with Crippen molar-refractivity contribution in [2.24, 2.45) is 5.73 Å². The molecule has 2 aromatic rings. The summed E-state index contributed by atoms with van der Waals surface area (Å²) in [6, 6.07) is 11.9. The lowest BCUT2D eigenvalue weighted by Gasteiger charge is -2.07. The molecule has 0 spiro atoms. The Morgan fingerprint density at radius 2 is 1.68 bits per heavy atom. The molecule has 19 heavy (non-hydrogen) atoms. The van der Waals surface area contributed by atoms with Crippen LogP contribution in [0.3, 0.4) is 0 Å². The number of nitrogen functional groups attached to an aromatic ring is 1. The maximum absolute atomic E-state index is 7.41. The molecule has 3 N–H and O–H groups in total. The number of nitrogens with one attached hydrogen (secondary N) is 1. The van der Waals surface area contributed by atoms with E-state index >= 15 is 0 Å². The molecule has 98 valence electrons. The number of nitrogens with two attached hydrogens (primary N) is 1. The number of halogens is 1. The van der Waals surface area contributed by atoms with E-state index in [1.165, 1.54) is 16.0 Å². The molecule has 0 aliphatic heterocycles. The zero-order valence-corrected chi connectivity index (χ0v) is 12.4. The highest BCUT2D eigenvalue weighted by molar-refractivity contribution is 7.99. The quantitative estimate of drug-likeness (QED) is 0.650. The fourth-order valence-electron chi connectivity index (χ4n) is 1.69. The predicted octanol–water partition coefficient (Wildman–Crippen LogP) is 4.39. The Kier molecular flexibility index (Phi) is 4.17. The molecule has 2 aromatic carbocycles. The van der Waals surface area contributed by atoms with Crippen LogP contribution >= 0.6 is 23.4 Å². The Bertz CT molecular complexity index is 638. The summed E-state index contributed by atoms with van der Waals surface area (Å²) in [5.74, 6) is -0.00673. The molecule has 4 heteroatoms. The second-order valence-corrected chi connectivity index (χ2v) is 5.96. The van der Waals surface area contributed by atoms with Crippen molar-refractivity contribution in [3.8, 4) is 0 Å². The van der Waals surface area contributed by atoms with E-state index in [0.717, 1.165) is 4.90 Å². The van der Waals surface area contributed by atoms with Crippen molar-refractivity contribution in [3.05, 3.63) is 58.1 Å². The van der Waals surface area contributed by atoms with E-state index in [1.54, 1.807) is 17.8 Å². The zero-order valence-electron chi connectivity index (χ0n) is 10.8. The van der Waals surface area contributed by atoms with E-state index in [9.17, 15) is 0 Å². The van der Waals surface area contributed by atoms with Gasteiger partial charge in [-0.25, -0.2) is 0 Å². The van der Waals surface area contributed by atoms with Crippen molar-refractivity contribution >= 4 is 29.2 Å². The summed E-state index contributed by atoms with van der Waals surface area (Å²) in [5.41, 5.74) is 8.58. The Labute approximate surface area is 122 Å². The third kappa shape index (κ3) is 3.31. The Morgan fingerprint density at radius 1 is 1.05 bits per heavy atom. The lowest BCUT2D eigenvalue weighted by atomic mass is 10.1. The highest BCUT2D eigenvalue weighted by Crippen LogP contribution is 2.31. The lowest BCUT2D eigenvalue weighted by molar-refractivity contribution is 1.27. The Hall–Kier alpha value is -1.45. The smallest absolute Gasteiger partial charge is 0.124 e. The molecular weight excluding hydrogens is 276 g/mol. The standard InChI is InChI=1S/C15H15ClN2S/c1-9-3-4-11(7-10(9)2)19-12-5-6-13(15(17)18)14(16)8-12/h3-8H,1-2H3,(H3,17,18). The van der Waals surface area contributed by atoms with Gasteiger partial charge in [-0.15, -0.1) is 0 Å². The number of rotatable bonds is 3. The molecule has 0 unspecified atom stereocenters. The SMILES string of the molecule is Cc1ccc(Sc2ccc(C(=N)N)c(Cl)c2)cc1C. The van der Waals surface area contributed by atoms with Gasteiger partial charge in [0.05, 0.1) is 5.02 Å². The third-order valence-electron chi connectivity index (χ3n) is 2.94.